The fraction of sp³-hybridized carbons (Fsp3) is 0.357. The standard InChI is InChI=1S/C14H17N/c1-10-4-6-12(3)15-14-7-5-11(2)9-13(14)8-10/h5-10H,4H2,1-3H3/b12-6?,13-8-,15-14?. The van der Waals surface area contributed by atoms with Gasteiger partial charge < -0.3 is 0 Å². The molecule has 0 fully saturated rings. The van der Waals surface area contributed by atoms with Gasteiger partial charge in [-0.2, -0.15) is 0 Å². The summed E-state index contributed by atoms with van der Waals surface area (Å²) in [6.45, 7) is 6.45. The Morgan fingerprint density at radius 1 is 1.27 bits per heavy atom. The van der Waals surface area contributed by atoms with Crippen LogP contribution in [0, 0.1) is 12.8 Å². The maximum Gasteiger partial charge on any atom is 0.0702 e. The minimum atomic E-state index is 0.594. The molecule has 0 radical (unpaired) electrons. The van der Waals surface area contributed by atoms with Gasteiger partial charge in [0.15, 0.2) is 0 Å². The number of allylic oxidation sites excluding steroid dienone is 2. The third-order valence-corrected chi connectivity index (χ3v) is 2.73. The Balaban J connectivity index is 2.74. The van der Waals surface area contributed by atoms with E-state index in [1.54, 1.807) is 0 Å². The molecule has 1 aliphatic heterocycles. The maximum absolute atomic E-state index is 4.60. The van der Waals surface area contributed by atoms with Crippen molar-refractivity contribution in [2.24, 2.45) is 10.9 Å². The third kappa shape index (κ3) is 2.35. The molecule has 0 spiro atoms. The number of nitrogens with zero attached hydrogens (tertiary/aromatic N) is 1. The lowest BCUT2D eigenvalue weighted by molar-refractivity contribution is 0.774. The highest BCUT2D eigenvalue weighted by atomic mass is 14.7. The molecule has 0 saturated heterocycles. The van der Waals surface area contributed by atoms with E-state index in [1.165, 1.54) is 10.8 Å². The van der Waals surface area contributed by atoms with Crippen molar-refractivity contribution in [3.63, 3.8) is 0 Å². The lowest BCUT2D eigenvalue weighted by atomic mass is 10.0. The molecule has 0 aliphatic carbocycles. The van der Waals surface area contributed by atoms with Gasteiger partial charge in [0, 0.05) is 5.70 Å². The fourth-order valence-electron chi connectivity index (χ4n) is 1.88. The largest absolute Gasteiger partial charge is 0.253 e. The average Bonchev–Trinajstić information content (AvgIpc) is 2.17. The van der Waals surface area contributed by atoms with Crippen molar-refractivity contribution in [3.8, 4) is 0 Å². The predicted molar refractivity (Wildman–Crippen MR) is 64.0 cm³/mol. The third-order valence-electron chi connectivity index (χ3n) is 2.73. The SMILES string of the molecule is CC1=CCC(C)/C=c2/cc(C)ccc2=N1. The first-order valence-electron chi connectivity index (χ1n) is 5.49. The molecule has 0 aromatic heterocycles. The van der Waals surface area contributed by atoms with Gasteiger partial charge in [-0.3, -0.25) is 4.99 Å². The van der Waals surface area contributed by atoms with Crippen molar-refractivity contribution in [2.45, 2.75) is 27.2 Å². The van der Waals surface area contributed by atoms with Crippen LogP contribution in [0.5, 0.6) is 0 Å². The summed E-state index contributed by atoms with van der Waals surface area (Å²) in [6.07, 6.45) is 5.61. The van der Waals surface area contributed by atoms with Crippen LogP contribution in [0.4, 0.5) is 0 Å². The summed E-state index contributed by atoms with van der Waals surface area (Å²) in [5, 5.41) is 2.37. The molecular weight excluding hydrogens is 182 g/mol. The molecule has 0 amide bonds. The number of aryl methyl sites for hydroxylation is 1. The molecule has 78 valence electrons. The number of rotatable bonds is 0. The van der Waals surface area contributed by atoms with Crippen molar-refractivity contribution < 1.29 is 0 Å². The van der Waals surface area contributed by atoms with Crippen molar-refractivity contribution >= 4 is 6.08 Å². The van der Waals surface area contributed by atoms with Crippen LogP contribution in [0.2, 0.25) is 0 Å². The highest BCUT2D eigenvalue weighted by molar-refractivity contribution is 5.30. The molecule has 0 N–H and O–H groups in total. The number of benzene rings is 1. The van der Waals surface area contributed by atoms with E-state index in [1.807, 2.05) is 0 Å². The summed E-state index contributed by atoms with van der Waals surface area (Å²) in [4.78, 5) is 4.60. The summed E-state index contributed by atoms with van der Waals surface area (Å²) in [5.41, 5.74) is 2.43. The van der Waals surface area contributed by atoms with Crippen molar-refractivity contribution in [2.75, 3.05) is 0 Å². The van der Waals surface area contributed by atoms with Crippen LogP contribution in [0.1, 0.15) is 25.8 Å². The first-order chi connectivity index (χ1) is 7.15. The molecule has 1 aliphatic rings. The molecule has 2 rings (SSSR count). The molecule has 1 heteroatoms. The predicted octanol–water partition coefficient (Wildman–Crippen LogP) is 2.34. The minimum Gasteiger partial charge on any atom is -0.253 e. The molecule has 1 aromatic carbocycles. The second-order valence-corrected chi connectivity index (χ2v) is 4.40. The summed E-state index contributed by atoms with van der Waals surface area (Å²) >= 11 is 0. The first kappa shape index (κ1) is 10.2. The number of fused-ring (bicyclic) bond motifs is 1. The molecular formula is C14H17N. The Bertz CT molecular complexity index is 509. The fourth-order valence-corrected chi connectivity index (χ4v) is 1.88. The van der Waals surface area contributed by atoms with E-state index in [9.17, 15) is 0 Å². The normalized spacial score (nSPS) is 22.5. The Kier molecular flexibility index (Phi) is 2.72. The van der Waals surface area contributed by atoms with E-state index in [4.69, 9.17) is 0 Å². The Morgan fingerprint density at radius 2 is 2.07 bits per heavy atom. The molecule has 0 bridgehead atoms. The van der Waals surface area contributed by atoms with Gasteiger partial charge >= 0.3 is 0 Å². The molecule has 1 aromatic rings. The summed E-state index contributed by atoms with van der Waals surface area (Å²) < 4.78 is 0. The molecule has 1 heterocycles. The molecule has 0 saturated carbocycles. The van der Waals surface area contributed by atoms with Gasteiger partial charge in [-0.25, -0.2) is 0 Å². The van der Waals surface area contributed by atoms with Gasteiger partial charge in [0.1, 0.15) is 0 Å². The zero-order chi connectivity index (χ0) is 10.8. The highest BCUT2D eigenvalue weighted by Gasteiger charge is 2.00. The Morgan fingerprint density at radius 3 is 2.87 bits per heavy atom. The monoisotopic (exact) mass is 199 g/mol. The highest BCUT2D eigenvalue weighted by Crippen LogP contribution is 2.08. The second kappa shape index (κ2) is 4.01. The quantitative estimate of drug-likeness (QED) is 0.608. The summed E-state index contributed by atoms with van der Waals surface area (Å²) in [5.74, 6) is 0.594. The Hall–Kier alpha value is -1.37. The van der Waals surface area contributed by atoms with Crippen molar-refractivity contribution in [1.82, 2.24) is 0 Å². The van der Waals surface area contributed by atoms with Crippen LogP contribution in [-0.4, -0.2) is 0 Å². The van der Waals surface area contributed by atoms with E-state index in [0.29, 0.717) is 5.92 Å². The van der Waals surface area contributed by atoms with Crippen LogP contribution >= 0.6 is 0 Å². The van der Waals surface area contributed by atoms with Gasteiger partial charge in [0.2, 0.25) is 0 Å². The summed E-state index contributed by atoms with van der Waals surface area (Å²) in [6, 6.07) is 6.44. The molecule has 1 unspecified atom stereocenters. The number of hydrogen-bond acceptors (Lipinski definition) is 1. The van der Waals surface area contributed by atoms with E-state index >= 15 is 0 Å². The van der Waals surface area contributed by atoms with Gasteiger partial charge in [0.05, 0.1) is 5.36 Å². The van der Waals surface area contributed by atoms with E-state index < -0.39 is 0 Å². The smallest absolute Gasteiger partial charge is 0.0702 e. The van der Waals surface area contributed by atoms with Crippen molar-refractivity contribution in [3.05, 3.63) is 46.1 Å². The minimum absolute atomic E-state index is 0.594. The first-order valence-corrected chi connectivity index (χ1v) is 5.49. The zero-order valence-corrected chi connectivity index (χ0v) is 9.62. The van der Waals surface area contributed by atoms with Crippen LogP contribution in [0.3, 0.4) is 0 Å². The lowest BCUT2D eigenvalue weighted by Crippen LogP contribution is -2.26. The van der Waals surface area contributed by atoms with Crippen molar-refractivity contribution in [1.29, 1.82) is 0 Å². The van der Waals surface area contributed by atoms with Gasteiger partial charge in [-0.15, -0.1) is 0 Å². The van der Waals surface area contributed by atoms with E-state index in [0.717, 1.165) is 17.5 Å². The zero-order valence-electron chi connectivity index (χ0n) is 9.62. The van der Waals surface area contributed by atoms with Gasteiger partial charge in [-0.1, -0.05) is 36.8 Å². The van der Waals surface area contributed by atoms with Crippen LogP contribution in [-0.2, 0) is 0 Å². The van der Waals surface area contributed by atoms with Gasteiger partial charge in [0.25, 0.3) is 0 Å². The lowest BCUT2D eigenvalue weighted by Gasteiger charge is -2.06. The van der Waals surface area contributed by atoms with E-state index in [-0.39, 0.29) is 0 Å². The van der Waals surface area contributed by atoms with Crippen LogP contribution < -0.4 is 10.6 Å². The van der Waals surface area contributed by atoms with Crippen LogP contribution in [0.25, 0.3) is 6.08 Å². The Labute approximate surface area is 90.9 Å². The summed E-state index contributed by atoms with van der Waals surface area (Å²) in [7, 11) is 0. The molecule has 15 heavy (non-hydrogen) atoms. The molecule has 1 atom stereocenters. The average molecular weight is 199 g/mol. The molecule has 1 nitrogen and oxygen atoms in total. The number of hydrogen-bond donors (Lipinski definition) is 0. The maximum atomic E-state index is 4.60. The second-order valence-electron chi connectivity index (χ2n) is 4.40. The topological polar surface area (TPSA) is 12.4 Å². The van der Waals surface area contributed by atoms with E-state index in [2.05, 4.69) is 56.1 Å². The van der Waals surface area contributed by atoms with Gasteiger partial charge in [-0.05, 0) is 37.5 Å². The van der Waals surface area contributed by atoms with Crippen LogP contribution in [0.15, 0.2) is 35.0 Å².